The summed E-state index contributed by atoms with van der Waals surface area (Å²) in [4.78, 5) is 0. The molecule has 0 fully saturated rings. The highest BCUT2D eigenvalue weighted by molar-refractivity contribution is 9.10. The Morgan fingerprint density at radius 1 is 1.29 bits per heavy atom. The quantitative estimate of drug-likeness (QED) is 0.689. The number of halogens is 1. The lowest BCUT2D eigenvalue weighted by atomic mass is 9.82. The molecule has 2 atom stereocenters. The largest absolute Gasteiger partial charge is 0.494 e. The first-order valence-electron chi connectivity index (χ1n) is 7.86. The van der Waals surface area contributed by atoms with E-state index in [1.165, 1.54) is 12.0 Å². The first-order valence-corrected chi connectivity index (χ1v) is 8.65. The minimum absolute atomic E-state index is 0.368. The minimum atomic E-state index is 0.368. The Bertz CT molecular complexity index is 439. The summed E-state index contributed by atoms with van der Waals surface area (Å²) in [7, 11) is 2.04. The van der Waals surface area contributed by atoms with Crippen LogP contribution in [0.25, 0.3) is 0 Å². The number of hydrogen-bond acceptors (Lipinski definition) is 2. The summed E-state index contributed by atoms with van der Waals surface area (Å²) < 4.78 is 6.67. The molecule has 1 rings (SSSR count). The second-order valence-electron chi connectivity index (χ2n) is 7.06. The highest BCUT2D eigenvalue weighted by Gasteiger charge is 2.20. The van der Waals surface area contributed by atoms with Gasteiger partial charge >= 0.3 is 0 Å². The topological polar surface area (TPSA) is 21.3 Å². The average Bonchev–Trinajstić information content (AvgIpc) is 2.35. The Balaban J connectivity index is 2.80. The summed E-state index contributed by atoms with van der Waals surface area (Å²) >= 11 is 3.69. The lowest BCUT2D eigenvalue weighted by Crippen LogP contribution is -2.21. The summed E-state index contributed by atoms with van der Waals surface area (Å²) in [6.07, 6.45) is 2.38. The van der Waals surface area contributed by atoms with Crippen molar-refractivity contribution in [2.24, 2.45) is 11.3 Å². The van der Waals surface area contributed by atoms with E-state index in [1.807, 2.05) is 14.0 Å². The SMILES string of the molecule is CCOc1ccc(C(CC(C)CC(C)(C)C)NC)c(Br)c1. The van der Waals surface area contributed by atoms with Crippen LogP contribution in [0, 0.1) is 11.3 Å². The zero-order chi connectivity index (χ0) is 16.0. The van der Waals surface area contributed by atoms with E-state index in [4.69, 9.17) is 4.74 Å². The summed E-state index contributed by atoms with van der Waals surface area (Å²) in [5.41, 5.74) is 1.69. The molecular formula is C18H30BrNO. The lowest BCUT2D eigenvalue weighted by Gasteiger charge is -2.27. The van der Waals surface area contributed by atoms with Crippen LogP contribution in [-0.4, -0.2) is 13.7 Å². The molecule has 2 nitrogen and oxygen atoms in total. The number of ether oxygens (including phenoxy) is 1. The number of rotatable bonds is 7. The lowest BCUT2D eigenvalue weighted by molar-refractivity contribution is 0.278. The second-order valence-corrected chi connectivity index (χ2v) is 7.92. The molecule has 1 aromatic carbocycles. The van der Waals surface area contributed by atoms with Gasteiger partial charge < -0.3 is 10.1 Å². The van der Waals surface area contributed by atoms with Crippen molar-refractivity contribution in [3.63, 3.8) is 0 Å². The van der Waals surface area contributed by atoms with Gasteiger partial charge in [-0.1, -0.05) is 49.7 Å². The van der Waals surface area contributed by atoms with Gasteiger partial charge in [-0.3, -0.25) is 0 Å². The molecule has 0 amide bonds. The minimum Gasteiger partial charge on any atom is -0.494 e. The van der Waals surface area contributed by atoms with Gasteiger partial charge in [-0.15, -0.1) is 0 Å². The summed E-state index contributed by atoms with van der Waals surface area (Å²) in [6.45, 7) is 12.0. The van der Waals surface area contributed by atoms with E-state index in [9.17, 15) is 0 Å². The molecule has 1 N–H and O–H groups in total. The smallest absolute Gasteiger partial charge is 0.120 e. The summed E-state index contributed by atoms with van der Waals surface area (Å²) in [5.74, 6) is 1.60. The van der Waals surface area contributed by atoms with Crippen molar-refractivity contribution in [3.05, 3.63) is 28.2 Å². The third-order valence-electron chi connectivity index (χ3n) is 3.61. The van der Waals surface area contributed by atoms with Gasteiger partial charge in [0.2, 0.25) is 0 Å². The summed E-state index contributed by atoms with van der Waals surface area (Å²) in [5, 5.41) is 3.46. The number of benzene rings is 1. The van der Waals surface area contributed by atoms with Crippen LogP contribution in [0.2, 0.25) is 0 Å². The van der Waals surface area contributed by atoms with E-state index >= 15 is 0 Å². The summed E-state index contributed by atoms with van der Waals surface area (Å²) in [6, 6.07) is 6.66. The molecule has 0 radical (unpaired) electrons. The van der Waals surface area contributed by atoms with Crippen LogP contribution in [0.1, 0.15) is 59.1 Å². The van der Waals surface area contributed by atoms with E-state index in [0.717, 1.165) is 16.6 Å². The van der Waals surface area contributed by atoms with Gasteiger partial charge in [-0.2, -0.15) is 0 Å². The standard InChI is InChI=1S/C18H30BrNO/c1-7-21-14-8-9-15(16(19)11-14)17(20-6)10-13(2)12-18(3,4)5/h8-9,11,13,17,20H,7,10,12H2,1-6H3. The molecule has 21 heavy (non-hydrogen) atoms. The van der Waals surface area contributed by atoms with E-state index in [0.29, 0.717) is 24.0 Å². The highest BCUT2D eigenvalue weighted by atomic mass is 79.9. The molecule has 0 saturated carbocycles. The Morgan fingerprint density at radius 2 is 1.95 bits per heavy atom. The fourth-order valence-electron chi connectivity index (χ4n) is 2.98. The van der Waals surface area contributed by atoms with Gasteiger partial charge in [0.25, 0.3) is 0 Å². The molecule has 0 heterocycles. The van der Waals surface area contributed by atoms with Crippen molar-refractivity contribution < 1.29 is 4.74 Å². The molecule has 0 bridgehead atoms. The maximum Gasteiger partial charge on any atom is 0.120 e. The third kappa shape index (κ3) is 6.39. The van der Waals surface area contributed by atoms with Gasteiger partial charge in [-0.25, -0.2) is 0 Å². The first kappa shape index (κ1) is 18.5. The van der Waals surface area contributed by atoms with Crippen molar-refractivity contribution in [2.75, 3.05) is 13.7 Å². The maximum absolute atomic E-state index is 5.55. The van der Waals surface area contributed by atoms with Crippen LogP contribution in [-0.2, 0) is 0 Å². The van der Waals surface area contributed by atoms with Crippen LogP contribution in [0.3, 0.4) is 0 Å². The van der Waals surface area contributed by atoms with Crippen molar-refractivity contribution in [1.29, 1.82) is 0 Å². The normalized spacial score (nSPS) is 14.8. The molecule has 0 aliphatic heterocycles. The molecule has 0 aromatic heterocycles. The van der Waals surface area contributed by atoms with Crippen LogP contribution in [0.5, 0.6) is 5.75 Å². The number of nitrogens with one attached hydrogen (secondary N) is 1. The van der Waals surface area contributed by atoms with Crippen LogP contribution in [0.4, 0.5) is 0 Å². The zero-order valence-corrected chi connectivity index (χ0v) is 15.9. The van der Waals surface area contributed by atoms with E-state index < -0.39 is 0 Å². The molecule has 0 saturated heterocycles. The van der Waals surface area contributed by atoms with Crippen molar-refractivity contribution in [1.82, 2.24) is 5.32 Å². The van der Waals surface area contributed by atoms with Crippen LogP contribution >= 0.6 is 15.9 Å². The Morgan fingerprint density at radius 3 is 2.43 bits per heavy atom. The van der Waals surface area contributed by atoms with Crippen LogP contribution in [0.15, 0.2) is 22.7 Å². The monoisotopic (exact) mass is 355 g/mol. The first-order chi connectivity index (χ1) is 9.76. The van der Waals surface area contributed by atoms with Crippen molar-refractivity contribution in [3.8, 4) is 5.75 Å². The van der Waals surface area contributed by atoms with E-state index in [1.54, 1.807) is 0 Å². The zero-order valence-electron chi connectivity index (χ0n) is 14.3. The van der Waals surface area contributed by atoms with Gasteiger partial charge in [0.1, 0.15) is 5.75 Å². The Hall–Kier alpha value is -0.540. The molecule has 120 valence electrons. The fourth-order valence-corrected chi connectivity index (χ4v) is 3.61. The van der Waals surface area contributed by atoms with E-state index in [-0.39, 0.29) is 0 Å². The molecule has 1 aromatic rings. The Kier molecular flexibility index (Phi) is 7.22. The second kappa shape index (κ2) is 8.19. The van der Waals surface area contributed by atoms with Crippen molar-refractivity contribution >= 4 is 15.9 Å². The van der Waals surface area contributed by atoms with Gasteiger partial charge in [0.05, 0.1) is 6.61 Å². The number of hydrogen-bond donors (Lipinski definition) is 1. The Labute approximate surface area is 138 Å². The predicted octanol–water partition coefficient (Wildman–Crippen LogP) is 5.57. The molecule has 0 aliphatic carbocycles. The van der Waals surface area contributed by atoms with E-state index in [2.05, 4.69) is 67.1 Å². The van der Waals surface area contributed by atoms with Gasteiger partial charge in [0.15, 0.2) is 0 Å². The predicted molar refractivity (Wildman–Crippen MR) is 95.0 cm³/mol. The molecule has 0 spiro atoms. The van der Waals surface area contributed by atoms with Gasteiger partial charge in [0, 0.05) is 10.5 Å². The molecule has 2 unspecified atom stereocenters. The fraction of sp³-hybridized carbons (Fsp3) is 0.667. The molecule has 3 heteroatoms. The molecular weight excluding hydrogens is 326 g/mol. The third-order valence-corrected chi connectivity index (χ3v) is 4.29. The van der Waals surface area contributed by atoms with Crippen LogP contribution < -0.4 is 10.1 Å². The van der Waals surface area contributed by atoms with Crippen molar-refractivity contribution in [2.45, 2.75) is 53.5 Å². The molecule has 0 aliphatic rings. The average molecular weight is 356 g/mol. The highest BCUT2D eigenvalue weighted by Crippen LogP contribution is 2.34. The van der Waals surface area contributed by atoms with Gasteiger partial charge in [-0.05, 0) is 55.8 Å². The maximum atomic E-state index is 5.55.